The van der Waals surface area contributed by atoms with Crippen molar-refractivity contribution >= 4 is 6.01 Å². The maximum absolute atomic E-state index is 14.0. The van der Waals surface area contributed by atoms with Crippen LogP contribution in [0.15, 0.2) is 29.0 Å². The van der Waals surface area contributed by atoms with Crippen molar-refractivity contribution in [1.82, 2.24) is 15.1 Å². The molecular formula is C23H31FN4O3. The molecule has 1 atom stereocenters. The van der Waals surface area contributed by atoms with Crippen molar-refractivity contribution in [2.24, 2.45) is 0 Å². The molecule has 4 heterocycles. The monoisotopic (exact) mass is 430 g/mol. The predicted molar refractivity (Wildman–Crippen MR) is 114 cm³/mol. The molecular weight excluding hydrogens is 399 g/mol. The van der Waals surface area contributed by atoms with Gasteiger partial charge in [0.15, 0.2) is 0 Å². The fraction of sp³-hybridized carbons (Fsp3) is 0.652. The Hall–Kier alpha value is -2.19. The fourth-order valence-electron chi connectivity index (χ4n) is 5.24. The lowest BCUT2D eigenvalue weighted by Gasteiger charge is -2.46. The van der Waals surface area contributed by atoms with Crippen molar-refractivity contribution in [3.05, 3.63) is 36.0 Å². The maximum atomic E-state index is 14.0. The standard InChI is InChI=1S/C23H31FN4O3/c1-2-3-10-29-21-5-4-18(24)11-20(21)17-6-8-27(9-7-17)19-12-23(31-13-19)14-28(15-23)22-26-25-16-30-22/h4-5,11,16-17,19H,2-3,6-10,12-15H2,1H3/t19-/m0/s1. The Morgan fingerprint density at radius 2 is 2.10 bits per heavy atom. The normalized spacial score (nSPS) is 23.9. The number of halogens is 1. The number of aromatic nitrogens is 2. The lowest BCUT2D eigenvalue weighted by Crippen LogP contribution is -2.62. The van der Waals surface area contributed by atoms with E-state index in [0.717, 1.165) is 76.2 Å². The van der Waals surface area contributed by atoms with Gasteiger partial charge in [0.1, 0.15) is 17.2 Å². The Bertz CT molecular complexity index is 864. The number of nitrogens with zero attached hydrogens (tertiary/aromatic N) is 4. The average Bonchev–Trinajstić information content (AvgIpc) is 3.44. The van der Waals surface area contributed by atoms with Crippen LogP contribution in [-0.4, -0.2) is 66.1 Å². The van der Waals surface area contributed by atoms with E-state index in [0.29, 0.717) is 24.6 Å². The number of piperidine rings is 1. The molecule has 0 aliphatic carbocycles. The highest BCUT2D eigenvalue weighted by molar-refractivity contribution is 5.37. The summed E-state index contributed by atoms with van der Waals surface area (Å²) in [6.45, 7) is 7.24. The van der Waals surface area contributed by atoms with Gasteiger partial charge in [0, 0.05) is 11.6 Å². The molecule has 0 amide bonds. The summed E-state index contributed by atoms with van der Waals surface area (Å²) < 4.78 is 31.5. The van der Waals surface area contributed by atoms with E-state index < -0.39 is 0 Å². The Balaban J connectivity index is 1.15. The third-order valence-corrected chi connectivity index (χ3v) is 6.98. The molecule has 2 aromatic rings. The zero-order chi connectivity index (χ0) is 21.3. The molecule has 3 aliphatic rings. The van der Waals surface area contributed by atoms with E-state index in [1.54, 1.807) is 12.1 Å². The number of hydrogen-bond donors (Lipinski definition) is 0. The van der Waals surface area contributed by atoms with Crippen molar-refractivity contribution in [2.75, 3.05) is 44.3 Å². The molecule has 0 saturated carbocycles. The predicted octanol–water partition coefficient (Wildman–Crippen LogP) is 3.61. The third kappa shape index (κ3) is 4.28. The highest BCUT2D eigenvalue weighted by atomic mass is 19.1. The molecule has 5 rings (SSSR count). The van der Waals surface area contributed by atoms with Crippen LogP contribution in [0.2, 0.25) is 0 Å². The van der Waals surface area contributed by atoms with Crippen LogP contribution in [-0.2, 0) is 4.74 Å². The number of hydrogen-bond acceptors (Lipinski definition) is 7. The Morgan fingerprint density at radius 3 is 2.84 bits per heavy atom. The summed E-state index contributed by atoms with van der Waals surface area (Å²) in [6.07, 6.45) is 6.54. The summed E-state index contributed by atoms with van der Waals surface area (Å²) in [7, 11) is 0. The van der Waals surface area contributed by atoms with E-state index in [-0.39, 0.29) is 11.4 Å². The summed E-state index contributed by atoms with van der Waals surface area (Å²) in [4.78, 5) is 4.63. The molecule has 0 radical (unpaired) electrons. The van der Waals surface area contributed by atoms with Crippen molar-refractivity contribution < 1.29 is 18.3 Å². The number of anilines is 1. The SMILES string of the molecule is CCCCOc1ccc(F)cc1C1CCN([C@@H]2COC3(C2)CN(c2nnco2)C3)CC1. The largest absolute Gasteiger partial charge is 0.493 e. The molecule has 8 heteroatoms. The van der Waals surface area contributed by atoms with E-state index in [9.17, 15) is 4.39 Å². The first-order chi connectivity index (χ1) is 15.2. The van der Waals surface area contributed by atoms with Gasteiger partial charge in [-0.05, 0) is 62.9 Å². The number of likely N-dealkylation sites (tertiary alicyclic amines) is 1. The second-order valence-corrected chi connectivity index (χ2v) is 9.12. The zero-order valence-electron chi connectivity index (χ0n) is 18.1. The van der Waals surface area contributed by atoms with Crippen LogP contribution in [0.4, 0.5) is 10.4 Å². The third-order valence-electron chi connectivity index (χ3n) is 6.98. The number of rotatable bonds is 7. The highest BCUT2D eigenvalue weighted by Crippen LogP contribution is 2.41. The summed E-state index contributed by atoms with van der Waals surface area (Å²) in [5.41, 5.74) is 0.947. The van der Waals surface area contributed by atoms with Crippen LogP contribution >= 0.6 is 0 Å². The van der Waals surface area contributed by atoms with Crippen LogP contribution in [0.25, 0.3) is 0 Å². The summed E-state index contributed by atoms with van der Waals surface area (Å²) in [6, 6.07) is 6.00. The van der Waals surface area contributed by atoms with Crippen LogP contribution < -0.4 is 9.64 Å². The molecule has 3 fully saturated rings. The van der Waals surface area contributed by atoms with Crippen LogP contribution in [0.1, 0.15) is 50.5 Å². The van der Waals surface area contributed by atoms with E-state index in [1.165, 1.54) is 12.5 Å². The summed E-state index contributed by atoms with van der Waals surface area (Å²) in [5, 5.41) is 7.73. The van der Waals surface area contributed by atoms with Gasteiger partial charge in [-0.2, -0.15) is 0 Å². The number of ether oxygens (including phenoxy) is 2. The van der Waals surface area contributed by atoms with Gasteiger partial charge in [-0.15, -0.1) is 5.10 Å². The van der Waals surface area contributed by atoms with Gasteiger partial charge in [-0.1, -0.05) is 18.4 Å². The Kier molecular flexibility index (Phi) is 5.84. The van der Waals surface area contributed by atoms with Gasteiger partial charge in [0.2, 0.25) is 6.39 Å². The van der Waals surface area contributed by atoms with E-state index >= 15 is 0 Å². The molecule has 1 aromatic carbocycles. The highest BCUT2D eigenvalue weighted by Gasteiger charge is 2.52. The first-order valence-electron chi connectivity index (χ1n) is 11.5. The molecule has 0 N–H and O–H groups in total. The first-order valence-corrected chi connectivity index (χ1v) is 11.5. The quantitative estimate of drug-likeness (QED) is 0.622. The smallest absolute Gasteiger partial charge is 0.318 e. The van der Waals surface area contributed by atoms with Gasteiger partial charge >= 0.3 is 6.01 Å². The average molecular weight is 431 g/mol. The van der Waals surface area contributed by atoms with E-state index in [4.69, 9.17) is 13.9 Å². The fourth-order valence-corrected chi connectivity index (χ4v) is 5.24. The van der Waals surface area contributed by atoms with E-state index in [2.05, 4.69) is 26.9 Å². The second kappa shape index (κ2) is 8.74. The van der Waals surface area contributed by atoms with Gasteiger partial charge in [-0.25, -0.2) is 4.39 Å². The maximum Gasteiger partial charge on any atom is 0.318 e. The minimum absolute atomic E-state index is 0.0845. The number of benzene rings is 1. The van der Waals surface area contributed by atoms with Crippen LogP contribution in [0.5, 0.6) is 5.75 Å². The summed E-state index contributed by atoms with van der Waals surface area (Å²) in [5.74, 6) is 1.02. The van der Waals surface area contributed by atoms with E-state index in [1.807, 2.05) is 0 Å². The Morgan fingerprint density at radius 1 is 1.26 bits per heavy atom. The van der Waals surface area contributed by atoms with Crippen molar-refractivity contribution in [3.8, 4) is 5.75 Å². The van der Waals surface area contributed by atoms with Crippen LogP contribution in [0.3, 0.4) is 0 Å². The molecule has 7 nitrogen and oxygen atoms in total. The van der Waals surface area contributed by atoms with Gasteiger partial charge in [-0.3, -0.25) is 4.90 Å². The van der Waals surface area contributed by atoms with Crippen molar-refractivity contribution in [3.63, 3.8) is 0 Å². The topological polar surface area (TPSA) is 63.9 Å². The molecule has 0 bridgehead atoms. The van der Waals surface area contributed by atoms with Crippen LogP contribution in [0, 0.1) is 5.82 Å². The Labute approximate surface area is 182 Å². The minimum Gasteiger partial charge on any atom is -0.493 e. The molecule has 31 heavy (non-hydrogen) atoms. The first kappa shape index (κ1) is 20.7. The number of unbranched alkanes of at least 4 members (excludes halogenated alkanes) is 1. The van der Waals surface area contributed by atoms with Gasteiger partial charge in [0.25, 0.3) is 0 Å². The molecule has 0 unspecified atom stereocenters. The molecule has 1 spiro atoms. The lowest BCUT2D eigenvalue weighted by molar-refractivity contribution is -0.0216. The van der Waals surface area contributed by atoms with Gasteiger partial charge in [0.05, 0.1) is 26.3 Å². The molecule has 1 aromatic heterocycles. The minimum atomic E-state index is -0.179. The molecule has 168 valence electrons. The lowest BCUT2D eigenvalue weighted by atomic mass is 9.86. The van der Waals surface area contributed by atoms with Gasteiger partial charge < -0.3 is 18.8 Å². The molecule has 3 aliphatic heterocycles. The van der Waals surface area contributed by atoms with Crippen molar-refractivity contribution in [2.45, 2.75) is 56.6 Å². The van der Waals surface area contributed by atoms with Crippen molar-refractivity contribution in [1.29, 1.82) is 0 Å². The zero-order valence-corrected chi connectivity index (χ0v) is 18.1. The molecule has 3 saturated heterocycles. The second-order valence-electron chi connectivity index (χ2n) is 9.12. The summed E-state index contributed by atoms with van der Waals surface area (Å²) >= 11 is 0.